The van der Waals surface area contributed by atoms with Gasteiger partial charge in [0.25, 0.3) is 0 Å². The summed E-state index contributed by atoms with van der Waals surface area (Å²) in [5.41, 5.74) is 1.56. The first-order valence-corrected chi connectivity index (χ1v) is 8.74. The quantitative estimate of drug-likeness (QED) is 0.489. The maximum absolute atomic E-state index is 11.6. The van der Waals surface area contributed by atoms with Crippen molar-refractivity contribution in [1.29, 1.82) is 0 Å². The molecule has 144 valence electrons. The highest BCUT2D eigenvalue weighted by atomic mass is 16.5. The fourth-order valence-corrected chi connectivity index (χ4v) is 2.76. The summed E-state index contributed by atoms with van der Waals surface area (Å²) in [6.45, 7) is 0.404. The summed E-state index contributed by atoms with van der Waals surface area (Å²) in [5, 5.41) is 11.1. The predicted octanol–water partition coefficient (Wildman–Crippen LogP) is 4.35. The van der Waals surface area contributed by atoms with Crippen molar-refractivity contribution in [3.8, 4) is 11.5 Å². The number of hydrogen-bond donors (Lipinski definition) is 1. The van der Waals surface area contributed by atoms with Crippen molar-refractivity contribution in [3.63, 3.8) is 0 Å². The van der Waals surface area contributed by atoms with Crippen LogP contribution in [-0.2, 0) is 6.61 Å². The van der Waals surface area contributed by atoms with Gasteiger partial charge in [-0.2, -0.15) is 0 Å². The summed E-state index contributed by atoms with van der Waals surface area (Å²) in [5.74, 6) is 0.102. The van der Waals surface area contributed by atoms with Crippen LogP contribution in [0.25, 0.3) is 10.8 Å². The monoisotopic (exact) mass is 378 g/mol. The molecule has 0 aliphatic carbocycles. The minimum atomic E-state index is -1.03. The van der Waals surface area contributed by atoms with Crippen molar-refractivity contribution in [1.82, 2.24) is 4.90 Å². The minimum absolute atomic E-state index is 0.130. The van der Waals surface area contributed by atoms with Gasteiger partial charge in [-0.25, -0.2) is 9.79 Å². The molecule has 0 saturated heterocycles. The molecule has 0 spiro atoms. The van der Waals surface area contributed by atoms with Crippen molar-refractivity contribution >= 4 is 28.8 Å². The van der Waals surface area contributed by atoms with E-state index in [4.69, 9.17) is 9.47 Å². The van der Waals surface area contributed by atoms with E-state index in [1.165, 1.54) is 0 Å². The minimum Gasteiger partial charge on any atom is -0.493 e. The van der Waals surface area contributed by atoms with Crippen LogP contribution < -0.4 is 9.47 Å². The summed E-state index contributed by atoms with van der Waals surface area (Å²) in [7, 11) is 5.21. The van der Waals surface area contributed by atoms with Crippen molar-refractivity contribution in [2.45, 2.75) is 6.61 Å². The average molecular weight is 378 g/mol. The molecule has 28 heavy (non-hydrogen) atoms. The second-order valence-corrected chi connectivity index (χ2v) is 6.51. The van der Waals surface area contributed by atoms with Gasteiger partial charge in [0.05, 0.1) is 24.7 Å². The summed E-state index contributed by atoms with van der Waals surface area (Å²) in [4.78, 5) is 17.7. The molecule has 3 rings (SSSR count). The van der Waals surface area contributed by atoms with E-state index in [-0.39, 0.29) is 5.56 Å². The third-order valence-corrected chi connectivity index (χ3v) is 4.13. The summed E-state index contributed by atoms with van der Waals surface area (Å²) < 4.78 is 11.4. The van der Waals surface area contributed by atoms with E-state index >= 15 is 0 Å². The zero-order valence-corrected chi connectivity index (χ0v) is 16.0. The highest BCUT2D eigenvalue weighted by Crippen LogP contribution is 2.36. The van der Waals surface area contributed by atoms with E-state index in [0.29, 0.717) is 23.8 Å². The summed E-state index contributed by atoms with van der Waals surface area (Å²) in [6.07, 6.45) is 1.57. The molecule has 6 nitrogen and oxygen atoms in total. The molecule has 0 saturated carbocycles. The number of benzene rings is 3. The number of ether oxygens (including phenoxy) is 2. The third-order valence-electron chi connectivity index (χ3n) is 4.13. The van der Waals surface area contributed by atoms with Gasteiger partial charge in [0, 0.05) is 14.1 Å². The first-order valence-electron chi connectivity index (χ1n) is 8.74. The fourth-order valence-electron chi connectivity index (χ4n) is 2.76. The molecular weight excluding hydrogens is 356 g/mol. The Bertz CT molecular complexity index is 1010. The number of nitrogens with zero attached hydrogens (tertiary/aromatic N) is 2. The Morgan fingerprint density at radius 1 is 1.07 bits per heavy atom. The Morgan fingerprint density at radius 3 is 2.39 bits per heavy atom. The van der Waals surface area contributed by atoms with Crippen molar-refractivity contribution in [3.05, 3.63) is 65.7 Å². The molecule has 0 fully saturated rings. The molecule has 0 radical (unpaired) electrons. The van der Waals surface area contributed by atoms with Crippen LogP contribution in [0, 0.1) is 0 Å². The number of carbonyl (C=O) groups is 1. The Labute approximate surface area is 163 Å². The van der Waals surface area contributed by atoms with Gasteiger partial charge in [0.15, 0.2) is 11.5 Å². The van der Waals surface area contributed by atoms with Crippen molar-refractivity contribution < 1.29 is 19.4 Å². The van der Waals surface area contributed by atoms with E-state index in [9.17, 15) is 9.90 Å². The predicted molar refractivity (Wildman–Crippen MR) is 110 cm³/mol. The molecule has 1 N–H and O–H groups in total. The molecular formula is C22H22N2O4. The van der Waals surface area contributed by atoms with Crippen LogP contribution in [0.2, 0.25) is 0 Å². The van der Waals surface area contributed by atoms with Gasteiger partial charge in [-0.05, 0) is 40.6 Å². The number of aliphatic imine (C=N–C) groups is 1. The van der Waals surface area contributed by atoms with Gasteiger partial charge in [0.2, 0.25) is 0 Å². The Balaban J connectivity index is 2.03. The van der Waals surface area contributed by atoms with Crippen LogP contribution in [0.5, 0.6) is 11.5 Å². The Hall–Kier alpha value is -3.54. The molecule has 0 aromatic heterocycles. The Kier molecular flexibility index (Phi) is 5.79. The van der Waals surface area contributed by atoms with Gasteiger partial charge in [-0.1, -0.05) is 30.3 Å². The molecule has 0 atom stereocenters. The topological polar surface area (TPSA) is 71.4 Å². The smallest absolute Gasteiger partial charge is 0.337 e. The second kappa shape index (κ2) is 8.43. The van der Waals surface area contributed by atoms with Gasteiger partial charge >= 0.3 is 5.97 Å². The van der Waals surface area contributed by atoms with Crippen LogP contribution in [0.3, 0.4) is 0 Å². The standard InChI is InChI=1S/C22H22N2O4/c1-24(2)14-23-19-10-17-12-21(28-13-15-7-5-4-6-8-15)20(27-3)11-16(17)9-18(19)22(25)26/h4-12,14H,13H2,1-3H3,(H,25,26). The van der Waals surface area contributed by atoms with Crippen LogP contribution in [0.1, 0.15) is 15.9 Å². The number of rotatable bonds is 7. The lowest BCUT2D eigenvalue weighted by molar-refractivity contribution is 0.0698. The molecule has 0 aliphatic rings. The molecule has 6 heteroatoms. The van der Waals surface area contributed by atoms with E-state index in [0.717, 1.165) is 16.3 Å². The van der Waals surface area contributed by atoms with Crippen molar-refractivity contribution in [2.24, 2.45) is 4.99 Å². The SMILES string of the molecule is COc1cc2cc(C(=O)O)c(N=CN(C)C)cc2cc1OCc1ccccc1. The fraction of sp³-hybridized carbons (Fsp3) is 0.182. The third kappa shape index (κ3) is 4.40. The lowest BCUT2D eigenvalue weighted by Crippen LogP contribution is -2.07. The van der Waals surface area contributed by atoms with Gasteiger partial charge < -0.3 is 19.5 Å². The lowest BCUT2D eigenvalue weighted by Gasteiger charge is -2.13. The van der Waals surface area contributed by atoms with E-state index in [2.05, 4.69) is 4.99 Å². The van der Waals surface area contributed by atoms with E-state index < -0.39 is 5.97 Å². The average Bonchev–Trinajstić information content (AvgIpc) is 2.69. The zero-order chi connectivity index (χ0) is 20.1. The molecule has 0 aliphatic heterocycles. The molecule has 0 amide bonds. The number of methoxy groups -OCH3 is 1. The molecule has 3 aromatic carbocycles. The van der Waals surface area contributed by atoms with Gasteiger partial charge in [-0.3, -0.25) is 0 Å². The maximum atomic E-state index is 11.6. The molecule has 0 heterocycles. The van der Waals surface area contributed by atoms with Crippen LogP contribution in [-0.4, -0.2) is 43.5 Å². The normalized spacial score (nSPS) is 11.0. The molecule has 0 unspecified atom stereocenters. The number of fused-ring (bicyclic) bond motifs is 1. The molecule has 0 bridgehead atoms. The largest absolute Gasteiger partial charge is 0.493 e. The second-order valence-electron chi connectivity index (χ2n) is 6.51. The number of carboxylic acid groups (broad SMARTS) is 1. The first-order chi connectivity index (χ1) is 13.5. The highest BCUT2D eigenvalue weighted by molar-refractivity contribution is 6.01. The lowest BCUT2D eigenvalue weighted by atomic mass is 10.0. The molecule has 3 aromatic rings. The number of aromatic carboxylic acids is 1. The first kappa shape index (κ1) is 19.2. The zero-order valence-electron chi connectivity index (χ0n) is 16.0. The summed E-state index contributed by atoms with van der Waals surface area (Å²) in [6, 6.07) is 16.8. The highest BCUT2D eigenvalue weighted by Gasteiger charge is 2.14. The van der Waals surface area contributed by atoms with Gasteiger partial charge in [0.1, 0.15) is 6.61 Å². The van der Waals surface area contributed by atoms with Crippen LogP contribution in [0.15, 0.2) is 59.6 Å². The van der Waals surface area contributed by atoms with Gasteiger partial charge in [-0.15, -0.1) is 0 Å². The van der Waals surface area contributed by atoms with Crippen molar-refractivity contribution in [2.75, 3.05) is 21.2 Å². The van der Waals surface area contributed by atoms with E-state index in [1.807, 2.05) is 50.5 Å². The Morgan fingerprint density at radius 2 is 1.75 bits per heavy atom. The maximum Gasteiger partial charge on any atom is 0.337 e. The summed E-state index contributed by atoms with van der Waals surface area (Å²) >= 11 is 0. The number of carboxylic acids is 1. The van der Waals surface area contributed by atoms with Crippen LogP contribution in [0.4, 0.5) is 5.69 Å². The van der Waals surface area contributed by atoms with Crippen LogP contribution >= 0.6 is 0 Å². The number of hydrogen-bond acceptors (Lipinski definition) is 4. The van der Waals surface area contributed by atoms with E-state index in [1.54, 1.807) is 36.5 Å².